The first-order chi connectivity index (χ1) is 13.5. The van der Waals surface area contributed by atoms with Crippen molar-refractivity contribution in [2.24, 2.45) is 5.10 Å². The monoisotopic (exact) mass is 502 g/mol. The van der Waals surface area contributed by atoms with Gasteiger partial charge in [-0.15, -0.1) is 0 Å². The van der Waals surface area contributed by atoms with Gasteiger partial charge < -0.3 is 9.84 Å². The predicted octanol–water partition coefficient (Wildman–Crippen LogP) is 5.40. The van der Waals surface area contributed by atoms with Crippen molar-refractivity contribution in [2.45, 2.75) is 0 Å². The number of carbonyl (C=O) groups excluding carboxylic acids is 1. The first-order valence-corrected chi connectivity index (χ1v) is 9.86. The molecular formula is C21H16Br2N2O3. The van der Waals surface area contributed by atoms with Gasteiger partial charge in [0.2, 0.25) is 0 Å². The fourth-order valence-corrected chi connectivity index (χ4v) is 4.02. The maximum absolute atomic E-state index is 12.4. The summed E-state index contributed by atoms with van der Waals surface area (Å²) in [5.74, 6) is 0.0614. The van der Waals surface area contributed by atoms with E-state index in [1.165, 1.54) is 6.21 Å². The quantitative estimate of drug-likeness (QED) is 0.269. The Hall–Kier alpha value is -2.64. The summed E-state index contributed by atoms with van der Waals surface area (Å²) in [7, 11) is 0. The Labute approximate surface area is 179 Å². The van der Waals surface area contributed by atoms with Crippen molar-refractivity contribution < 1.29 is 14.6 Å². The van der Waals surface area contributed by atoms with Gasteiger partial charge in [0.1, 0.15) is 18.1 Å². The zero-order chi connectivity index (χ0) is 20.1. The highest BCUT2D eigenvalue weighted by Gasteiger charge is 2.12. The highest BCUT2D eigenvalue weighted by atomic mass is 79.9. The summed E-state index contributed by atoms with van der Waals surface area (Å²) < 4.78 is 7.05. The Morgan fingerprint density at radius 1 is 1.14 bits per heavy atom. The molecule has 7 heteroatoms. The maximum atomic E-state index is 12.4. The van der Waals surface area contributed by atoms with E-state index < -0.39 is 5.91 Å². The van der Waals surface area contributed by atoms with E-state index in [0.717, 1.165) is 25.3 Å². The smallest absolute Gasteiger partial charge is 0.275 e. The summed E-state index contributed by atoms with van der Waals surface area (Å²) in [5.41, 5.74) is 3.34. The Kier molecular flexibility index (Phi) is 6.49. The number of fused-ring (bicyclic) bond motifs is 1. The van der Waals surface area contributed by atoms with Gasteiger partial charge >= 0.3 is 0 Å². The Balaban J connectivity index is 1.75. The summed E-state index contributed by atoms with van der Waals surface area (Å²) in [6.45, 7) is 4.01. The van der Waals surface area contributed by atoms with Crippen LogP contribution in [0.1, 0.15) is 15.9 Å². The lowest BCUT2D eigenvalue weighted by Gasteiger charge is -2.09. The molecule has 0 aliphatic rings. The van der Waals surface area contributed by atoms with Crippen molar-refractivity contribution in [1.82, 2.24) is 5.43 Å². The van der Waals surface area contributed by atoms with Gasteiger partial charge in [-0.25, -0.2) is 5.43 Å². The van der Waals surface area contributed by atoms with Crippen LogP contribution in [0.5, 0.6) is 11.5 Å². The highest BCUT2D eigenvalue weighted by molar-refractivity contribution is 9.11. The zero-order valence-electron chi connectivity index (χ0n) is 14.7. The SMILES string of the molecule is C=CCOc1c(Br)cc(C=NNC(=O)c2cc3ccccc3cc2O)cc1Br. The predicted molar refractivity (Wildman–Crippen MR) is 118 cm³/mol. The summed E-state index contributed by atoms with van der Waals surface area (Å²) in [5, 5.41) is 15.8. The molecule has 1 amide bonds. The molecule has 3 aromatic carbocycles. The molecule has 0 fully saturated rings. The minimum absolute atomic E-state index is 0.0967. The second kappa shape index (κ2) is 9.03. The largest absolute Gasteiger partial charge is 0.507 e. The second-order valence-electron chi connectivity index (χ2n) is 5.83. The average molecular weight is 504 g/mol. The van der Waals surface area contributed by atoms with Crippen LogP contribution in [-0.2, 0) is 0 Å². The van der Waals surface area contributed by atoms with E-state index in [1.54, 1.807) is 18.2 Å². The van der Waals surface area contributed by atoms with Crippen molar-refractivity contribution in [3.63, 3.8) is 0 Å². The highest BCUT2D eigenvalue weighted by Crippen LogP contribution is 2.34. The molecular weight excluding hydrogens is 488 g/mol. The molecule has 5 nitrogen and oxygen atoms in total. The van der Waals surface area contributed by atoms with Crippen molar-refractivity contribution >= 4 is 54.8 Å². The van der Waals surface area contributed by atoms with Crippen LogP contribution in [0.3, 0.4) is 0 Å². The van der Waals surface area contributed by atoms with E-state index in [9.17, 15) is 9.90 Å². The molecule has 0 aliphatic heterocycles. The number of ether oxygens (including phenoxy) is 1. The number of aromatic hydroxyl groups is 1. The van der Waals surface area contributed by atoms with Crippen molar-refractivity contribution in [1.29, 1.82) is 0 Å². The molecule has 0 spiro atoms. The molecule has 0 unspecified atom stereocenters. The van der Waals surface area contributed by atoms with E-state index in [4.69, 9.17) is 4.74 Å². The number of phenolic OH excluding ortho intramolecular Hbond substituents is 1. The van der Waals surface area contributed by atoms with Crippen LogP contribution in [0.15, 0.2) is 75.2 Å². The lowest BCUT2D eigenvalue weighted by Crippen LogP contribution is -2.17. The minimum Gasteiger partial charge on any atom is -0.507 e. The number of halogens is 2. The average Bonchev–Trinajstić information content (AvgIpc) is 2.66. The van der Waals surface area contributed by atoms with Crippen LogP contribution in [-0.4, -0.2) is 23.8 Å². The van der Waals surface area contributed by atoms with Crippen LogP contribution in [0.25, 0.3) is 10.8 Å². The summed E-state index contributed by atoms with van der Waals surface area (Å²) in [6.07, 6.45) is 3.16. The number of nitrogens with one attached hydrogen (secondary N) is 1. The van der Waals surface area contributed by atoms with Gasteiger partial charge in [0.05, 0.1) is 20.7 Å². The number of benzene rings is 3. The number of rotatable bonds is 6. The van der Waals surface area contributed by atoms with Gasteiger partial charge in [-0.05, 0) is 72.5 Å². The summed E-state index contributed by atoms with van der Waals surface area (Å²) in [4.78, 5) is 12.4. The Bertz CT molecular complexity index is 1060. The van der Waals surface area contributed by atoms with Crippen LogP contribution >= 0.6 is 31.9 Å². The summed E-state index contributed by atoms with van der Waals surface area (Å²) >= 11 is 6.89. The first kappa shape index (κ1) is 20.1. The van der Waals surface area contributed by atoms with Crippen molar-refractivity contribution in [2.75, 3.05) is 6.61 Å². The number of hydrogen-bond acceptors (Lipinski definition) is 4. The number of hydrazone groups is 1. The lowest BCUT2D eigenvalue weighted by molar-refractivity contribution is 0.0952. The third-order valence-corrected chi connectivity index (χ3v) is 5.03. The number of hydrogen-bond donors (Lipinski definition) is 2. The molecule has 0 heterocycles. The maximum Gasteiger partial charge on any atom is 0.275 e. The molecule has 3 rings (SSSR count). The summed E-state index contributed by atoms with van der Waals surface area (Å²) in [6, 6.07) is 14.3. The van der Waals surface area contributed by atoms with Crippen LogP contribution in [0, 0.1) is 0 Å². The molecule has 2 N–H and O–H groups in total. The normalized spacial score (nSPS) is 10.9. The third-order valence-electron chi connectivity index (χ3n) is 3.85. The second-order valence-corrected chi connectivity index (χ2v) is 7.54. The number of nitrogens with zero attached hydrogens (tertiary/aromatic N) is 1. The van der Waals surface area contributed by atoms with Gasteiger partial charge in [0.15, 0.2) is 0 Å². The minimum atomic E-state index is -0.497. The molecule has 3 aromatic rings. The lowest BCUT2D eigenvalue weighted by atomic mass is 10.1. The van der Waals surface area contributed by atoms with Gasteiger partial charge in [-0.1, -0.05) is 36.9 Å². The van der Waals surface area contributed by atoms with E-state index in [0.29, 0.717) is 12.4 Å². The molecule has 28 heavy (non-hydrogen) atoms. The van der Waals surface area contributed by atoms with Crippen LogP contribution in [0.2, 0.25) is 0 Å². The van der Waals surface area contributed by atoms with Gasteiger partial charge in [0, 0.05) is 0 Å². The van der Waals surface area contributed by atoms with Gasteiger partial charge in [-0.2, -0.15) is 5.10 Å². The van der Waals surface area contributed by atoms with Crippen LogP contribution < -0.4 is 10.2 Å². The van der Waals surface area contributed by atoms with Gasteiger partial charge in [-0.3, -0.25) is 4.79 Å². The molecule has 0 saturated carbocycles. The number of amides is 1. The van der Waals surface area contributed by atoms with Crippen LogP contribution in [0.4, 0.5) is 0 Å². The fraction of sp³-hybridized carbons (Fsp3) is 0.0476. The molecule has 0 bridgehead atoms. The third kappa shape index (κ3) is 4.61. The molecule has 0 radical (unpaired) electrons. The van der Waals surface area contributed by atoms with E-state index in [2.05, 4.69) is 49.0 Å². The van der Waals surface area contributed by atoms with E-state index in [-0.39, 0.29) is 11.3 Å². The molecule has 0 atom stereocenters. The molecule has 142 valence electrons. The topological polar surface area (TPSA) is 70.9 Å². The van der Waals surface area contributed by atoms with E-state index >= 15 is 0 Å². The zero-order valence-corrected chi connectivity index (χ0v) is 17.8. The number of carbonyl (C=O) groups is 1. The first-order valence-electron chi connectivity index (χ1n) is 8.27. The number of phenols is 1. The van der Waals surface area contributed by atoms with Crippen molar-refractivity contribution in [3.05, 3.63) is 81.3 Å². The molecule has 0 saturated heterocycles. The Morgan fingerprint density at radius 2 is 1.79 bits per heavy atom. The van der Waals surface area contributed by atoms with Gasteiger partial charge in [0.25, 0.3) is 5.91 Å². The Morgan fingerprint density at radius 3 is 2.43 bits per heavy atom. The molecule has 0 aromatic heterocycles. The molecule has 0 aliphatic carbocycles. The fourth-order valence-electron chi connectivity index (χ4n) is 2.57. The standard InChI is InChI=1S/C21H16Br2N2O3/c1-2-7-28-20-17(22)8-13(9-18(20)23)12-24-25-21(27)16-10-14-5-3-4-6-15(14)11-19(16)26/h2-6,8-12,26H,1,7H2,(H,25,27). The van der Waals surface area contributed by atoms with Crippen molar-refractivity contribution in [3.8, 4) is 11.5 Å². The van der Waals surface area contributed by atoms with E-state index in [1.807, 2.05) is 36.4 Å².